The van der Waals surface area contributed by atoms with Gasteiger partial charge in [-0.05, 0) is 69.1 Å². The Hall–Kier alpha value is -2.03. The first-order chi connectivity index (χ1) is 14.0. The third-order valence-electron chi connectivity index (χ3n) is 5.80. The normalized spacial score (nSPS) is 19.0. The summed E-state index contributed by atoms with van der Waals surface area (Å²) in [6.07, 6.45) is 1.92. The van der Waals surface area contributed by atoms with Crippen LogP contribution in [0.1, 0.15) is 25.7 Å². The number of benzene rings is 1. The summed E-state index contributed by atoms with van der Waals surface area (Å²) in [6, 6.07) is 7.21. The molecule has 30 heavy (non-hydrogen) atoms. The molecule has 8 nitrogen and oxygen atoms in total. The standard InChI is InChI=1S/C21H31N3O5.ClH/c25-20(26)15-19(21(27)28)29-18-3-1-17(2-4-18)24-13-11-23(12-14-24)10-7-16-5-8-22-9-6-16;/h1-4,16,19,22H,5-15H2,(H,25,26)(H,27,28);1H. The monoisotopic (exact) mass is 441 g/mol. The van der Waals surface area contributed by atoms with Crippen molar-refractivity contribution in [2.75, 3.05) is 50.7 Å². The van der Waals surface area contributed by atoms with Gasteiger partial charge in [0.1, 0.15) is 5.75 Å². The van der Waals surface area contributed by atoms with E-state index in [9.17, 15) is 9.59 Å². The molecule has 0 bridgehead atoms. The Morgan fingerprint density at radius 1 is 1.07 bits per heavy atom. The van der Waals surface area contributed by atoms with Gasteiger partial charge in [-0.1, -0.05) is 0 Å². The lowest BCUT2D eigenvalue weighted by Crippen LogP contribution is -2.47. The van der Waals surface area contributed by atoms with E-state index in [1.165, 1.54) is 25.8 Å². The number of carboxylic acid groups (broad SMARTS) is 2. The van der Waals surface area contributed by atoms with Crippen LogP contribution >= 0.6 is 12.4 Å². The molecule has 2 saturated heterocycles. The van der Waals surface area contributed by atoms with Crippen LogP contribution in [0.5, 0.6) is 5.75 Å². The number of carboxylic acids is 2. The van der Waals surface area contributed by atoms with Crippen molar-refractivity contribution in [1.82, 2.24) is 10.2 Å². The number of anilines is 1. The summed E-state index contributed by atoms with van der Waals surface area (Å²) in [4.78, 5) is 26.8. The molecule has 2 aliphatic heterocycles. The Bertz CT molecular complexity index is 674. The molecule has 3 rings (SSSR count). The van der Waals surface area contributed by atoms with Gasteiger partial charge in [0.05, 0.1) is 6.42 Å². The van der Waals surface area contributed by atoms with E-state index in [1.54, 1.807) is 12.1 Å². The maximum absolute atomic E-state index is 11.1. The average Bonchev–Trinajstić information content (AvgIpc) is 2.73. The molecule has 1 unspecified atom stereocenters. The molecule has 3 N–H and O–H groups in total. The van der Waals surface area contributed by atoms with E-state index in [0.29, 0.717) is 5.75 Å². The number of nitrogens with one attached hydrogen (secondary N) is 1. The topological polar surface area (TPSA) is 102 Å². The predicted molar refractivity (Wildman–Crippen MR) is 117 cm³/mol. The number of ether oxygens (including phenoxy) is 1. The zero-order valence-corrected chi connectivity index (χ0v) is 18.0. The highest BCUT2D eigenvalue weighted by atomic mass is 35.5. The summed E-state index contributed by atoms with van der Waals surface area (Å²) >= 11 is 0. The smallest absolute Gasteiger partial charge is 0.345 e. The molecule has 2 aliphatic rings. The lowest BCUT2D eigenvalue weighted by atomic mass is 9.94. The van der Waals surface area contributed by atoms with Crippen LogP contribution in [0.25, 0.3) is 0 Å². The van der Waals surface area contributed by atoms with E-state index in [1.807, 2.05) is 12.1 Å². The van der Waals surface area contributed by atoms with Crippen LogP contribution in [-0.2, 0) is 9.59 Å². The highest BCUT2D eigenvalue weighted by Gasteiger charge is 2.23. The van der Waals surface area contributed by atoms with E-state index in [4.69, 9.17) is 14.9 Å². The molecule has 168 valence electrons. The summed E-state index contributed by atoms with van der Waals surface area (Å²) in [5.41, 5.74) is 1.07. The molecular formula is C21H32ClN3O5. The van der Waals surface area contributed by atoms with Crippen molar-refractivity contribution < 1.29 is 24.5 Å². The minimum atomic E-state index is -1.39. The second-order valence-corrected chi connectivity index (χ2v) is 7.85. The summed E-state index contributed by atoms with van der Waals surface area (Å²) in [5, 5.41) is 21.3. The van der Waals surface area contributed by atoms with Crippen LogP contribution in [0.3, 0.4) is 0 Å². The summed E-state index contributed by atoms with van der Waals surface area (Å²) in [5.74, 6) is -1.26. The molecule has 0 aliphatic carbocycles. The van der Waals surface area contributed by atoms with Gasteiger partial charge < -0.3 is 25.2 Å². The number of rotatable bonds is 9. The highest BCUT2D eigenvalue weighted by Crippen LogP contribution is 2.23. The van der Waals surface area contributed by atoms with Crippen LogP contribution in [0, 0.1) is 5.92 Å². The average molecular weight is 442 g/mol. The largest absolute Gasteiger partial charge is 0.481 e. The fraction of sp³-hybridized carbons (Fsp3) is 0.619. The number of carbonyl (C=O) groups is 2. The number of aliphatic carboxylic acids is 2. The number of hydrogen-bond acceptors (Lipinski definition) is 6. The molecule has 2 fully saturated rings. The van der Waals surface area contributed by atoms with Gasteiger partial charge in [-0.2, -0.15) is 0 Å². The number of halogens is 1. The van der Waals surface area contributed by atoms with Crippen molar-refractivity contribution in [3.63, 3.8) is 0 Å². The number of piperidine rings is 1. The molecule has 2 heterocycles. The Kier molecular flexibility index (Phi) is 9.68. The Balaban J connectivity index is 0.00000320. The van der Waals surface area contributed by atoms with Gasteiger partial charge in [0, 0.05) is 31.9 Å². The van der Waals surface area contributed by atoms with Gasteiger partial charge in [0.15, 0.2) is 0 Å². The zero-order valence-electron chi connectivity index (χ0n) is 17.2. The van der Waals surface area contributed by atoms with Crippen LogP contribution in [0.4, 0.5) is 5.69 Å². The van der Waals surface area contributed by atoms with Crippen molar-refractivity contribution in [2.24, 2.45) is 5.92 Å². The molecule has 9 heteroatoms. The summed E-state index contributed by atoms with van der Waals surface area (Å²) in [7, 11) is 0. The molecule has 1 atom stereocenters. The third kappa shape index (κ3) is 7.34. The van der Waals surface area contributed by atoms with Crippen molar-refractivity contribution >= 4 is 30.0 Å². The number of hydrogen-bond donors (Lipinski definition) is 3. The maximum atomic E-state index is 11.1. The molecule has 0 aromatic heterocycles. The molecule has 0 amide bonds. The zero-order chi connectivity index (χ0) is 20.6. The fourth-order valence-corrected chi connectivity index (χ4v) is 4.00. The Morgan fingerprint density at radius 3 is 2.27 bits per heavy atom. The first kappa shape index (κ1) is 24.2. The maximum Gasteiger partial charge on any atom is 0.345 e. The van der Waals surface area contributed by atoms with E-state index in [2.05, 4.69) is 15.1 Å². The first-order valence-electron chi connectivity index (χ1n) is 10.4. The SMILES string of the molecule is Cl.O=C(O)CC(Oc1ccc(N2CCN(CCC3CCNCC3)CC2)cc1)C(=O)O. The molecule has 0 saturated carbocycles. The van der Waals surface area contributed by atoms with Crippen LogP contribution in [0.15, 0.2) is 24.3 Å². The number of piperazine rings is 1. The van der Waals surface area contributed by atoms with Gasteiger partial charge in [-0.15, -0.1) is 12.4 Å². The second kappa shape index (κ2) is 12.0. The lowest BCUT2D eigenvalue weighted by Gasteiger charge is -2.37. The van der Waals surface area contributed by atoms with E-state index in [0.717, 1.165) is 50.9 Å². The molecule has 1 aromatic rings. The van der Waals surface area contributed by atoms with Gasteiger partial charge in [0.2, 0.25) is 6.10 Å². The third-order valence-corrected chi connectivity index (χ3v) is 5.80. The fourth-order valence-electron chi connectivity index (χ4n) is 4.00. The summed E-state index contributed by atoms with van der Waals surface area (Å²) < 4.78 is 5.32. The van der Waals surface area contributed by atoms with Gasteiger partial charge in [0.25, 0.3) is 0 Å². The molecular weight excluding hydrogens is 410 g/mol. The van der Waals surface area contributed by atoms with Gasteiger partial charge in [-0.25, -0.2) is 4.79 Å². The molecule has 0 radical (unpaired) electrons. The second-order valence-electron chi connectivity index (χ2n) is 7.85. The molecule has 0 spiro atoms. The Morgan fingerprint density at radius 2 is 1.70 bits per heavy atom. The van der Waals surface area contributed by atoms with Crippen molar-refractivity contribution in [3.05, 3.63) is 24.3 Å². The van der Waals surface area contributed by atoms with E-state index < -0.39 is 24.5 Å². The van der Waals surface area contributed by atoms with Crippen LogP contribution in [-0.4, -0.2) is 79.0 Å². The van der Waals surface area contributed by atoms with E-state index >= 15 is 0 Å². The van der Waals surface area contributed by atoms with Gasteiger partial charge >= 0.3 is 11.9 Å². The highest BCUT2D eigenvalue weighted by molar-refractivity contribution is 5.85. The van der Waals surface area contributed by atoms with Crippen LogP contribution in [0.2, 0.25) is 0 Å². The van der Waals surface area contributed by atoms with E-state index in [-0.39, 0.29) is 12.4 Å². The Labute approximate surface area is 183 Å². The molecule has 1 aromatic carbocycles. The first-order valence-corrected chi connectivity index (χ1v) is 10.4. The van der Waals surface area contributed by atoms with Crippen molar-refractivity contribution in [1.29, 1.82) is 0 Å². The van der Waals surface area contributed by atoms with Crippen molar-refractivity contribution in [3.8, 4) is 5.75 Å². The predicted octanol–water partition coefficient (Wildman–Crippen LogP) is 1.93. The number of nitrogens with zero attached hydrogens (tertiary/aromatic N) is 2. The summed E-state index contributed by atoms with van der Waals surface area (Å²) in [6.45, 7) is 7.49. The quantitative estimate of drug-likeness (QED) is 0.534. The van der Waals surface area contributed by atoms with Gasteiger partial charge in [-0.3, -0.25) is 9.69 Å². The minimum Gasteiger partial charge on any atom is -0.481 e. The van der Waals surface area contributed by atoms with Crippen LogP contribution < -0.4 is 15.0 Å². The lowest BCUT2D eigenvalue weighted by molar-refractivity contribution is -0.151. The van der Waals surface area contributed by atoms with Crippen molar-refractivity contribution in [2.45, 2.75) is 31.8 Å². The minimum absolute atomic E-state index is 0.